The number of aryl methyl sites for hydroxylation is 1. The molecule has 16 heavy (non-hydrogen) atoms. The summed E-state index contributed by atoms with van der Waals surface area (Å²) in [5.74, 6) is 0.274. The van der Waals surface area contributed by atoms with Gasteiger partial charge in [0, 0.05) is 6.42 Å². The van der Waals surface area contributed by atoms with Crippen molar-refractivity contribution in [3.8, 4) is 10.7 Å². The number of carboxylic acids is 1. The van der Waals surface area contributed by atoms with Crippen molar-refractivity contribution >= 4 is 28.9 Å². The molecule has 0 aliphatic heterocycles. The molecule has 0 saturated heterocycles. The van der Waals surface area contributed by atoms with Crippen LogP contribution in [-0.2, 0) is 11.2 Å². The Morgan fingerprint density at radius 3 is 3.00 bits per heavy atom. The monoisotopic (exact) mass is 257 g/mol. The Labute approximate surface area is 100 Å². The molecule has 2 rings (SSSR count). The summed E-state index contributed by atoms with van der Waals surface area (Å²) in [4.78, 5) is 15.4. The van der Waals surface area contributed by atoms with Gasteiger partial charge in [-0.25, -0.2) is 4.98 Å². The van der Waals surface area contributed by atoms with Crippen LogP contribution in [0.4, 0.5) is 0 Å². The molecule has 2 N–H and O–H groups in total. The number of aliphatic carboxylic acids is 1. The molecule has 0 unspecified atom stereocenters. The molecule has 0 atom stereocenters. The first-order chi connectivity index (χ1) is 7.65. The van der Waals surface area contributed by atoms with E-state index in [1.54, 1.807) is 6.07 Å². The standard InChI is InChI=1S/C9H8ClN3O2S/c10-6-2-1-5(16-6)9-11-7(12-13-9)3-4-8(14)15/h1-2H,3-4H2,(H,14,15)(H,11,12,13). The molecule has 2 aromatic rings. The van der Waals surface area contributed by atoms with Crippen molar-refractivity contribution < 1.29 is 9.90 Å². The summed E-state index contributed by atoms with van der Waals surface area (Å²) in [6, 6.07) is 3.60. The van der Waals surface area contributed by atoms with E-state index in [0.717, 1.165) is 4.88 Å². The molecule has 2 heterocycles. The van der Waals surface area contributed by atoms with Crippen LogP contribution in [-0.4, -0.2) is 26.3 Å². The maximum Gasteiger partial charge on any atom is 0.303 e. The van der Waals surface area contributed by atoms with Crippen molar-refractivity contribution in [3.05, 3.63) is 22.3 Å². The number of hydrogen-bond acceptors (Lipinski definition) is 4. The van der Waals surface area contributed by atoms with Gasteiger partial charge >= 0.3 is 5.97 Å². The van der Waals surface area contributed by atoms with Gasteiger partial charge < -0.3 is 5.11 Å². The Morgan fingerprint density at radius 2 is 2.38 bits per heavy atom. The van der Waals surface area contributed by atoms with E-state index in [2.05, 4.69) is 15.2 Å². The van der Waals surface area contributed by atoms with E-state index in [0.29, 0.717) is 22.4 Å². The van der Waals surface area contributed by atoms with E-state index in [4.69, 9.17) is 16.7 Å². The van der Waals surface area contributed by atoms with Crippen molar-refractivity contribution in [1.82, 2.24) is 15.2 Å². The quantitative estimate of drug-likeness (QED) is 0.880. The van der Waals surface area contributed by atoms with Crippen LogP contribution in [0.15, 0.2) is 12.1 Å². The van der Waals surface area contributed by atoms with Gasteiger partial charge in [0.2, 0.25) is 0 Å². The summed E-state index contributed by atoms with van der Waals surface area (Å²) in [6.07, 6.45) is 0.390. The summed E-state index contributed by atoms with van der Waals surface area (Å²) in [5.41, 5.74) is 0. The average Bonchev–Trinajstić information content (AvgIpc) is 2.83. The van der Waals surface area contributed by atoms with Gasteiger partial charge in [-0.2, -0.15) is 5.10 Å². The Bertz CT molecular complexity index is 508. The SMILES string of the molecule is O=C(O)CCc1nc(-c2ccc(Cl)s2)n[nH]1. The first-order valence-electron chi connectivity index (χ1n) is 4.54. The predicted octanol–water partition coefficient (Wildman–Crippen LogP) is 2.20. The number of nitrogens with zero attached hydrogens (tertiary/aromatic N) is 2. The molecular formula is C9H8ClN3O2S. The van der Waals surface area contributed by atoms with Crippen LogP contribution in [0.2, 0.25) is 4.34 Å². The molecule has 5 nitrogen and oxygen atoms in total. The lowest BCUT2D eigenvalue weighted by molar-refractivity contribution is -0.137. The van der Waals surface area contributed by atoms with Crippen LogP contribution in [0.1, 0.15) is 12.2 Å². The number of aromatic nitrogens is 3. The van der Waals surface area contributed by atoms with E-state index >= 15 is 0 Å². The fourth-order valence-corrected chi connectivity index (χ4v) is 2.15. The van der Waals surface area contributed by atoms with Gasteiger partial charge in [-0.3, -0.25) is 9.89 Å². The predicted molar refractivity (Wildman–Crippen MR) is 60.7 cm³/mol. The number of aromatic amines is 1. The number of nitrogens with one attached hydrogen (secondary N) is 1. The van der Waals surface area contributed by atoms with Crippen molar-refractivity contribution in [2.45, 2.75) is 12.8 Å². The lowest BCUT2D eigenvalue weighted by Crippen LogP contribution is -1.98. The van der Waals surface area contributed by atoms with Gasteiger partial charge in [0.1, 0.15) is 5.82 Å². The summed E-state index contributed by atoms with van der Waals surface area (Å²) in [6.45, 7) is 0. The Hall–Kier alpha value is -1.40. The maximum atomic E-state index is 10.4. The largest absolute Gasteiger partial charge is 0.481 e. The van der Waals surface area contributed by atoms with Crippen LogP contribution in [0.5, 0.6) is 0 Å². The first-order valence-corrected chi connectivity index (χ1v) is 5.73. The first kappa shape index (κ1) is 11.1. The third-order valence-electron chi connectivity index (χ3n) is 1.90. The zero-order chi connectivity index (χ0) is 11.5. The van der Waals surface area contributed by atoms with Crippen LogP contribution in [0.3, 0.4) is 0 Å². The van der Waals surface area contributed by atoms with E-state index in [9.17, 15) is 4.79 Å². The van der Waals surface area contributed by atoms with Crippen molar-refractivity contribution in [3.63, 3.8) is 0 Å². The summed E-state index contributed by atoms with van der Waals surface area (Å²) < 4.78 is 0.673. The molecule has 0 aliphatic rings. The minimum Gasteiger partial charge on any atom is -0.481 e. The van der Waals surface area contributed by atoms with Gasteiger partial charge in [0.05, 0.1) is 15.6 Å². The smallest absolute Gasteiger partial charge is 0.303 e. The molecule has 0 bridgehead atoms. The highest BCUT2D eigenvalue weighted by Gasteiger charge is 2.09. The molecule has 84 valence electrons. The number of halogens is 1. The molecule has 0 fully saturated rings. The number of H-pyrrole nitrogens is 1. The van der Waals surface area contributed by atoms with E-state index in [-0.39, 0.29) is 6.42 Å². The van der Waals surface area contributed by atoms with E-state index in [1.807, 2.05) is 6.07 Å². The fourth-order valence-electron chi connectivity index (χ4n) is 1.18. The summed E-state index contributed by atoms with van der Waals surface area (Å²) in [7, 11) is 0. The minimum absolute atomic E-state index is 0.0415. The minimum atomic E-state index is -0.850. The third kappa shape index (κ3) is 2.59. The normalized spacial score (nSPS) is 10.6. The lowest BCUT2D eigenvalue weighted by Gasteiger charge is -1.89. The van der Waals surface area contributed by atoms with Gasteiger partial charge in [-0.05, 0) is 12.1 Å². The lowest BCUT2D eigenvalue weighted by atomic mass is 10.3. The second-order valence-corrected chi connectivity index (χ2v) is 4.82. The highest BCUT2D eigenvalue weighted by Crippen LogP contribution is 2.28. The van der Waals surface area contributed by atoms with Crippen molar-refractivity contribution in [2.75, 3.05) is 0 Å². The van der Waals surface area contributed by atoms with Gasteiger partial charge in [0.15, 0.2) is 5.82 Å². The molecule has 0 radical (unpaired) electrons. The Balaban J connectivity index is 2.10. The van der Waals surface area contributed by atoms with Crippen LogP contribution < -0.4 is 0 Å². The van der Waals surface area contributed by atoms with Crippen LogP contribution in [0, 0.1) is 0 Å². The molecule has 0 aromatic carbocycles. The average molecular weight is 258 g/mol. The number of carbonyl (C=O) groups is 1. The highest BCUT2D eigenvalue weighted by atomic mass is 35.5. The van der Waals surface area contributed by atoms with Crippen molar-refractivity contribution in [2.24, 2.45) is 0 Å². The fraction of sp³-hybridized carbons (Fsp3) is 0.222. The number of hydrogen-bond donors (Lipinski definition) is 2. The van der Waals surface area contributed by atoms with Crippen LogP contribution in [0.25, 0.3) is 10.7 Å². The molecule has 0 spiro atoms. The highest BCUT2D eigenvalue weighted by molar-refractivity contribution is 7.19. The number of thiophene rings is 1. The summed E-state index contributed by atoms with van der Waals surface area (Å²) >= 11 is 7.18. The topological polar surface area (TPSA) is 78.9 Å². The van der Waals surface area contributed by atoms with Gasteiger partial charge in [-0.1, -0.05) is 11.6 Å². The van der Waals surface area contributed by atoms with E-state index in [1.165, 1.54) is 11.3 Å². The molecule has 0 saturated carbocycles. The molecular weight excluding hydrogens is 250 g/mol. The molecule has 0 aliphatic carbocycles. The van der Waals surface area contributed by atoms with E-state index < -0.39 is 5.97 Å². The third-order valence-corrected chi connectivity index (χ3v) is 3.13. The zero-order valence-corrected chi connectivity index (χ0v) is 9.68. The number of rotatable bonds is 4. The van der Waals surface area contributed by atoms with Gasteiger partial charge in [0.25, 0.3) is 0 Å². The van der Waals surface area contributed by atoms with Gasteiger partial charge in [-0.15, -0.1) is 11.3 Å². The molecule has 7 heteroatoms. The maximum absolute atomic E-state index is 10.4. The molecule has 0 amide bonds. The molecule has 2 aromatic heterocycles. The number of carboxylic acid groups (broad SMARTS) is 1. The Morgan fingerprint density at radius 1 is 1.56 bits per heavy atom. The van der Waals surface area contributed by atoms with Crippen LogP contribution >= 0.6 is 22.9 Å². The second-order valence-electron chi connectivity index (χ2n) is 3.10. The second kappa shape index (κ2) is 4.63. The zero-order valence-electron chi connectivity index (χ0n) is 8.11. The Kier molecular flexibility index (Phi) is 3.21. The van der Waals surface area contributed by atoms with Crippen molar-refractivity contribution in [1.29, 1.82) is 0 Å². The summed E-state index contributed by atoms with van der Waals surface area (Å²) in [5, 5.41) is 15.2.